The number of hydrogen-bond donors (Lipinski definition) is 3. The lowest BCUT2D eigenvalue weighted by atomic mass is 9.96. The number of halogens is 3. The van der Waals surface area contributed by atoms with Crippen molar-refractivity contribution >= 4 is 34.4 Å². The average Bonchev–Trinajstić information content (AvgIpc) is 3.34. The van der Waals surface area contributed by atoms with Crippen molar-refractivity contribution in [2.24, 2.45) is 0 Å². The van der Waals surface area contributed by atoms with Crippen LogP contribution in [0.5, 0.6) is 0 Å². The highest BCUT2D eigenvalue weighted by atomic mass is 19.4. The van der Waals surface area contributed by atoms with E-state index in [0.29, 0.717) is 58.1 Å². The number of amides is 2. The molecular formula is C31H30F3N3O5. The van der Waals surface area contributed by atoms with Gasteiger partial charge in [0.2, 0.25) is 5.54 Å². The molecule has 1 heterocycles. The number of carbonyl (C=O) groups is 3. The van der Waals surface area contributed by atoms with E-state index in [1.54, 1.807) is 23.5 Å². The van der Waals surface area contributed by atoms with Crippen LogP contribution in [0, 0.1) is 6.92 Å². The third kappa shape index (κ3) is 5.54. The second kappa shape index (κ2) is 11.6. The minimum Gasteiger partial charge on any atom is -0.467 e. The lowest BCUT2D eigenvalue weighted by molar-refractivity contribution is -0.205. The van der Waals surface area contributed by atoms with Crippen LogP contribution in [0.25, 0.3) is 33.4 Å². The van der Waals surface area contributed by atoms with E-state index in [0.717, 1.165) is 12.7 Å². The third-order valence-corrected chi connectivity index (χ3v) is 6.92. The molecule has 0 fully saturated rings. The summed E-state index contributed by atoms with van der Waals surface area (Å²) < 4.78 is 51.8. The number of anilines is 1. The molecule has 3 aromatic carbocycles. The number of benzene rings is 3. The van der Waals surface area contributed by atoms with Crippen molar-refractivity contribution in [3.63, 3.8) is 0 Å². The summed E-state index contributed by atoms with van der Waals surface area (Å²) in [6, 6.07) is 17.0. The molecular weight excluding hydrogens is 551 g/mol. The number of esters is 1. The molecule has 42 heavy (non-hydrogen) atoms. The Kier molecular flexibility index (Phi) is 8.33. The number of furan rings is 1. The molecule has 3 N–H and O–H groups in total. The first-order valence-corrected chi connectivity index (χ1v) is 13.1. The number of methoxy groups -OCH3 is 1. The Morgan fingerprint density at radius 1 is 0.952 bits per heavy atom. The molecule has 11 heteroatoms. The van der Waals surface area contributed by atoms with Gasteiger partial charge in [-0.1, -0.05) is 42.0 Å². The fourth-order valence-electron chi connectivity index (χ4n) is 4.55. The summed E-state index contributed by atoms with van der Waals surface area (Å²) in [5.41, 5.74) is 0.802. The quantitative estimate of drug-likeness (QED) is 0.217. The number of alkyl halides is 3. The molecule has 1 aromatic heterocycles. The third-order valence-electron chi connectivity index (χ3n) is 6.92. The predicted molar refractivity (Wildman–Crippen MR) is 153 cm³/mol. The molecule has 4 aromatic rings. The monoisotopic (exact) mass is 581 g/mol. The maximum absolute atomic E-state index is 13.8. The van der Waals surface area contributed by atoms with Crippen LogP contribution in [-0.2, 0) is 9.53 Å². The molecule has 1 unspecified atom stereocenters. The molecule has 0 aliphatic rings. The van der Waals surface area contributed by atoms with E-state index in [1.165, 1.54) is 25.2 Å². The Hall–Kier alpha value is -4.80. The summed E-state index contributed by atoms with van der Waals surface area (Å²) >= 11 is 0. The van der Waals surface area contributed by atoms with Crippen LogP contribution in [0.1, 0.15) is 40.1 Å². The predicted octanol–water partition coefficient (Wildman–Crippen LogP) is 6.09. The van der Waals surface area contributed by atoms with Gasteiger partial charge in [-0.2, -0.15) is 13.2 Å². The van der Waals surface area contributed by atoms with E-state index in [1.807, 2.05) is 38.1 Å². The van der Waals surface area contributed by atoms with E-state index in [9.17, 15) is 27.6 Å². The second-order valence-corrected chi connectivity index (χ2v) is 9.82. The van der Waals surface area contributed by atoms with Gasteiger partial charge in [0.1, 0.15) is 11.3 Å². The van der Waals surface area contributed by atoms with Crippen molar-refractivity contribution in [2.75, 3.05) is 26.0 Å². The highest BCUT2D eigenvalue weighted by Crippen LogP contribution is 2.40. The fraction of sp³-hybridized carbons (Fsp3) is 0.258. The zero-order valence-corrected chi connectivity index (χ0v) is 23.7. The largest absolute Gasteiger partial charge is 0.467 e. The van der Waals surface area contributed by atoms with Crippen LogP contribution in [0.3, 0.4) is 0 Å². The van der Waals surface area contributed by atoms with Crippen molar-refractivity contribution in [2.45, 2.75) is 32.5 Å². The number of ether oxygens (including phenoxy) is 1. The Balaban J connectivity index is 1.86. The van der Waals surface area contributed by atoms with Gasteiger partial charge in [-0.3, -0.25) is 9.59 Å². The number of aryl methyl sites for hydroxylation is 1. The smallest absolute Gasteiger partial charge is 0.422 e. The standard InChI is InChI=1S/C31H30F3N3O5/c1-6-36-23-16-24-22(25(28(39)35-4)26(42-24)18-12-10-17(2)11-13-18)15-21(23)19-8-7-9-20(14-19)27(38)37-30(3,29(40)41-5)31(32,33)34/h7-16,36H,6H2,1-5H3,(H,35,39)(H,37,38). The molecule has 0 saturated carbocycles. The first-order chi connectivity index (χ1) is 19.8. The number of rotatable bonds is 8. The zero-order valence-electron chi connectivity index (χ0n) is 23.7. The molecule has 4 rings (SSSR count). The molecule has 0 saturated heterocycles. The maximum Gasteiger partial charge on any atom is 0.422 e. The Labute approximate surface area is 240 Å². The van der Waals surface area contributed by atoms with E-state index < -0.39 is 23.6 Å². The van der Waals surface area contributed by atoms with E-state index in [-0.39, 0.29) is 11.5 Å². The first-order valence-electron chi connectivity index (χ1n) is 13.1. The topological polar surface area (TPSA) is 110 Å². The van der Waals surface area contributed by atoms with Crippen molar-refractivity contribution in [3.05, 3.63) is 77.4 Å². The van der Waals surface area contributed by atoms with Gasteiger partial charge in [0, 0.05) is 47.4 Å². The van der Waals surface area contributed by atoms with Crippen LogP contribution in [0.15, 0.2) is 65.1 Å². The summed E-state index contributed by atoms with van der Waals surface area (Å²) in [5, 5.41) is 8.19. The van der Waals surface area contributed by atoms with Gasteiger partial charge in [-0.25, -0.2) is 4.79 Å². The lowest BCUT2D eigenvalue weighted by Gasteiger charge is -2.30. The Morgan fingerprint density at radius 3 is 2.24 bits per heavy atom. The minimum absolute atomic E-state index is 0.117. The number of carbonyl (C=O) groups excluding carboxylic acids is 3. The van der Waals surface area contributed by atoms with Gasteiger partial charge >= 0.3 is 12.1 Å². The van der Waals surface area contributed by atoms with Crippen molar-refractivity contribution in [3.8, 4) is 22.5 Å². The molecule has 0 radical (unpaired) electrons. The maximum atomic E-state index is 13.8. The summed E-state index contributed by atoms with van der Waals surface area (Å²) in [6.45, 7) is 4.90. The van der Waals surface area contributed by atoms with Crippen LogP contribution >= 0.6 is 0 Å². The Morgan fingerprint density at radius 2 is 1.64 bits per heavy atom. The molecule has 220 valence electrons. The molecule has 0 bridgehead atoms. The van der Waals surface area contributed by atoms with Crippen molar-refractivity contribution in [1.29, 1.82) is 0 Å². The average molecular weight is 582 g/mol. The number of hydrogen-bond acceptors (Lipinski definition) is 6. The number of fused-ring (bicyclic) bond motifs is 1. The molecule has 8 nitrogen and oxygen atoms in total. The molecule has 1 atom stereocenters. The van der Waals surface area contributed by atoms with E-state index >= 15 is 0 Å². The highest BCUT2D eigenvalue weighted by molar-refractivity contribution is 6.13. The van der Waals surface area contributed by atoms with Gasteiger partial charge in [0.25, 0.3) is 11.8 Å². The van der Waals surface area contributed by atoms with Gasteiger partial charge in [-0.05, 0) is 44.5 Å². The van der Waals surface area contributed by atoms with Crippen LogP contribution in [-0.4, -0.2) is 50.2 Å². The molecule has 2 amide bonds. The van der Waals surface area contributed by atoms with Crippen LogP contribution in [0.4, 0.5) is 18.9 Å². The SMILES string of the molecule is CCNc1cc2oc(-c3ccc(C)cc3)c(C(=O)NC)c2cc1-c1cccc(C(=O)NC(C)(C(=O)OC)C(F)(F)F)c1. The summed E-state index contributed by atoms with van der Waals surface area (Å²) in [5.74, 6) is -2.75. The van der Waals surface area contributed by atoms with Gasteiger partial charge in [-0.15, -0.1) is 0 Å². The van der Waals surface area contributed by atoms with Gasteiger partial charge in [0.15, 0.2) is 0 Å². The zero-order chi connectivity index (χ0) is 30.8. The molecule has 0 aliphatic heterocycles. The van der Waals surface area contributed by atoms with Crippen molar-refractivity contribution in [1.82, 2.24) is 10.6 Å². The van der Waals surface area contributed by atoms with Crippen LogP contribution < -0.4 is 16.0 Å². The Bertz CT molecular complexity index is 1660. The van der Waals surface area contributed by atoms with Crippen LogP contribution in [0.2, 0.25) is 0 Å². The summed E-state index contributed by atoms with van der Waals surface area (Å²) in [4.78, 5) is 38.1. The highest BCUT2D eigenvalue weighted by Gasteiger charge is 2.59. The minimum atomic E-state index is -5.11. The second-order valence-electron chi connectivity index (χ2n) is 9.82. The van der Waals surface area contributed by atoms with Crippen molar-refractivity contribution < 1.29 is 36.7 Å². The summed E-state index contributed by atoms with van der Waals surface area (Å²) in [7, 11) is 2.32. The number of nitrogens with one attached hydrogen (secondary N) is 3. The molecule has 0 aliphatic carbocycles. The van der Waals surface area contributed by atoms with E-state index in [4.69, 9.17) is 4.42 Å². The fourth-order valence-corrected chi connectivity index (χ4v) is 4.55. The lowest BCUT2D eigenvalue weighted by Crippen LogP contribution is -2.62. The summed E-state index contributed by atoms with van der Waals surface area (Å²) in [6.07, 6.45) is -5.11. The molecule has 0 spiro atoms. The van der Waals surface area contributed by atoms with E-state index in [2.05, 4.69) is 15.4 Å². The normalized spacial score (nSPS) is 12.9. The van der Waals surface area contributed by atoms with Gasteiger partial charge in [0.05, 0.1) is 12.7 Å². The van der Waals surface area contributed by atoms with Gasteiger partial charge < -0.3 is 25.1 Å². The first kappa shape index (κ1) is 30.2.